The Morgan fingerprint density at radius 3 is 2.55 bits per heavy atom. The van der Waals surface area contributed by atoms with Crippen molar-refractivity contribution in [2.24, 2.45) is 0 Å². The molecule has 33 heavy (non-hydrogen) atoms. The summed E-state index contributed by atoms with van der Waals surface area (Å²) >= 11 is 0. The number of nitrogens with zero attached hydrogens (tertiary/aromatic N) is 1. The fraction of sp³-hybridized carbons (Fsp3) is 0.360. The lowest BCUT2D eigenvalue weighted by atomic mass is 9.98. The lowest BCUT2D eigenvalue weighted by Gasteiger charge is -2.34. The second-order valence-corrected chi connectivity index (χ2v) is 8.15. The van der Waals surface area contributed by atoms with E-state index in [1.165, 1.54) is 24.3 Å². The molecule has 2 aromatic rings. The molecule has 0 aliphatic carbocycles. The van der Waals surface area contributed by atoms with E-state index in [2.05, 4.69) is 0 Å². The summed E-state index contributed by atoms with van der Waals surface area (Å²) in [4.78, 5) is 25.2. The quantitative estimate of drug-likeness (QED) is 0.568. The van der Waals surface area contributed by atoms with Gasteiger partial charge >= 0.3 is 12.1 Å². The van der Waals surface area contributed by atoms with E-state index < -0.39 is 23.8 Å². The zero-order chi connectivity index (χ0) is 24.0. The number of carboxylic acids is 1. The number of aromatic carboxylic acids is 1. The number of alkyl halides is 3. The topological polar surface area (TPSA) is 77.8 Å². The van der Waals surface area contributed by atoms with Crippen LogP contribution in [0, 0.1) is 0 Å². The van der Waals surface area contributed by atoms with Gasteiger partial charge in [0.15, 0.2) is 0 Å². The van der Waals surface area contributed by atoms with E-state index in [1.807, 2.05) is 0 Å². The first-order chi connectivity index (χ1) is 15.6. The molecule has 3 rings (SSSR count). The molecule has 0 radical (unpaired) electrons. The average molecular weight is 461 g/mol. The van der Waals surface area contributed by atoms with Crippen LogP contribution in [0.25, 0.3) is 0 Å². The third kappa shape index (κ3) is 6.92. The van der Waals surface area contributed by atoms with E-state index in [0.29, 0.717) is 24.9 Å². The molecule has 8 heteroatoms. The normalized spacial score (nSPS) is 18.0. The van der Waals surface area contributed by atoms with Crippen LogP contribution in [0.4, 0.5) is 13.2 Å². The molecule has 1 fully saturated rings. The molecule has 1 heterocycles. The van der Waals surface area contributed by atoms with E-state index in [9.17, 15) is 27.9 Å². The summed E-state index contributed by atoms with van der Waals surface area (Å²) in [7, 11) is 0. The third-order valence-corrected chi connectivity index (χ3v) is 5.71. The van der Waals surface area contributed by atoms with Crippen molar-refractivity contribution in [2.75, 3.05) is 6.54 Å². The molecular weight excluding hydrogens is 435 g/mol. The number of amides is 1. The van der Waals surface area contributed by atoms with Gasteiger partial charge < -0.3 is 15.1 Å². The summed E-state index contributed by atoms with van der Waals surface area (Å²) in [6.45, 7) is 0.448. The minimum absolute atomic E-state index is 0.00502. The molecule has 1 aliphatic rings. The van der Waals surface area contributed by atoms with Gasteiger partial charge in [0, 0.05) is 19.4 Å². The number of carbonyl (C=O) groups is 2. The minimum atomic E-state index is -4.44. The average Bonchev–Trinajstić information content (AvgIpc) is 2.77. The molecule has 1 aliphatic heterocycles. The first-order valence-electron chi connectivity index (χ1n) is 10.8. The van der Waals surface area contributed by atoms with Gasteiger partial charge in [-0.15, -0.1) is 0 Å². The minimum Gasteiger partial charge on any atom is -0.478 e. The van der Waals surface area contributed by atoms with Crippen LogP contribution >= 0.6 is 0 Å². The van der Waals surface area contributed by atoms with Gasteiger partial charge in [0.1, 0.15) is 0 Å². The van der Waals surface area contributed by atoms with Gasteiger partial charge in [-0.2, -0.15) is 13.2 Å². The second kappa shape index (κ2) is 10.7. The van der Waals surface area contributed by atoms with Crippen molar-refractivity contribution < 1.29 is 33.0 Å². The van der Waals surface area contributed by atoms with Gasteiger partial charge in [0.05, 0.1) is 23.3 Å². The van der Waals surface area contributed by atoms with Crippen LogP contribution in [-0.4, -0.2) is 45.7 Å². The number of hydrogen-bond acceptors (Lipinski definition) is 3. The lowest BCUT2D eigenvalue weighted by Crippen LogP contribution is -2.43. The Morgan fingerprint density at radius 2 is 1.88 bits per heavy atom. The highest BCUT2D eigenvalue weighted by Crippen LogP contribution is 2.30. The molecule has 1 saturated heterocycles. The van der Waals surface area contributed by atoms with Crippen LogP contribution in [0.5, 0.6) is 0 Å². The Bertz CT molecular complexity index is 1000. The van der Waals surface area contributed by atoms with Gasteiger partial charge in [0.2, 0.25) is 5.91 Å². The van der Waals surface area contributed by atoms with Crippen LogP contribution in [0.1, 0.15) is 46.3 Å². The first kappa shape index (κ1) is 24.5. The molecule has 0 spiro atoms. The Hall–Kier alpha value is -3.13. The number of benzene rings is 2. The highest BCUT2D eigenvalue weighted by Gasteiger charge is 2.30. The van der Waals surface area contributed by atoms with Crippen molar-refractivity contribution in [2.45, 2.75) is 50.4 Å². The molecule has 0 saturated carbocycles. The predicted octanol–water partition coefficient (Wildman–Crippen LogP) is 4.49. The van der Waals surface area contributed by atoms with Gasteiger partial charge in [0.25, 0.3) is 0 Å². The van der Waals surface area contributed by atoms with E-state index in [-0.39, 0.29) is 23.9 Å². The summed E-state index contributed by atoms with van der Waals surface area (Å²) in [5.41, 5.74) is 0.731. The van der Waals surface area contributed by atoms with Gasteiger partial charge in [-0.1, -0.05) is 42.5 Å². The summed E-state index contributed by atoms with van der Waals surface area (Å²) < 4.78 is 38.7. The maximum Gasteiger partial charge on any atom is 0.416 e. The molecule has 176 valence electrons. The van der Waals surface area contributed by atoms with Crippen LogP contribution in [0.2, 0.25) is 0 Å². The number of piperidine rings is 1. The lowest BCUT2D eigenvalue weighted by molar-refractivity contribution is -0.137. The fourth-order valence-corrected chi connectivity index (χ4v) is 3.94. The summed E-state index contributed by atoms with van der Waals surface area (Å²) in [5.74, 6) is -0.993. The van der Waals surface area contributed by atoms with Crippen LogP contribution in [0.15, 0.2) is 60.7 Å². The highest BCUT2D eigenvalue weighted by atomic mass is 19.4. The molecule has 1 unspecified atom stereocenters. The monoisotopic (exact) mass is 461 g/mol. The number of hydrogen-bond donors (Lipinski definition) is 2. The van der Waals surface area contributed by atoms with Crippen molar-refractivity contribution in [3.8, 4) is 0 Å². The number of aliphatic hydroxyl groups excluding tert-OH is 1. The van der Waals surface area contributed by atoms with Crippen LogP contribution in [-0.2, 0) is 23.8 Å². The number of halogens is 3. The summed E-state index contributed by atoms with van der Waals surface area (Å²) in [6.07, 6.45) is 0.373. The Kier molecular flexibility index (Phi) is 7.92. The van der Waals surface area contributed by atoms with Crippen LogP contribution < -0.4 is 0 Å². The molecule has 2 aromatic carbocycles. The molecule has 1 amide bonds. The van der Waals surface area contributed by atoms with E-state index >= 15 is 0 Å². The fourth-order valence-electron chi connectivity index (χ4n) is 3.94. The molecule has 2 N–H and O–H groups in total. The van der Waals surface area contributed by atoms with Crippen molar-refractivity contribution in [1.29, 1.82) is 0 Å². The van der Waals surface area contributed by atoms with Crippen LogP contribution in [0.3, 0.4) is 0 Å². The second-order valence-electron chi connectivity index (χ2n) is 8.15. The number of carbonyl (C=O) groups excluding carboxylic acids is 1. The number of carboxylic acid groups (broad SMARTS) is 1. The third-order valence-electron chi connectivity index (χ3n) is 5.71. The zero-order valence-corrected chi connectivity index (χ0v) is 18.0. The van der Waals surface area contributed by atoms with E-state index in [0.717, 1.165) is 30.5 Å². The van der Waals surface area contributed by atoms with E-state index in [1.54, 1.807) is 29.2 Å². The smallest absolute Gasteiger partial charge is 0.416 e. The molecule has 2 atom stereocenters. The van der Waals surface area contributed by atoms with Crippen molar-refractivity contribution in [1.82, 2.24) is 4.90 Å². The predicted molar refractivity (Wildman–Crippen MR) is 117 cm³/mol. The number of aliphatic hydroxyl groups is 1. The number of rotatable bonds is 8. The first-order valence-corrected chi connectivity index (χ1v) is 10.8. The summed E-state index contributed by atoms with van der Waals surface area (Å²) in [6, 6.07) is 11.2. The maximum atomic E-state index is 12.9. The Morgan fingerprint density at radius 1 is 1.15 bits per heavy atom. The molecular formula is C25H26F3NO4. The van der Waals surface area contributed by atoms with Crippen molar-refractivity contribution >= 4 is 11.9 Å². The SMILES string of the molecule is O=C(O)c1ccc(CCN2C(=O)CCC[C@@H]2/C=C/C(O)Cc2cccc(C(F)(F)F)c2)cc1. The Labute approximate surface area is 190 Å². The standard InChI is InChI=1S/C25H26F3NO4/c26-25(27,28)20-4-1-3-18(15-20)16-22(30)12-11-21-5-2-6-23(31)29(21)14-13-17-7-9-19(10-8-17)24(32)33/h1,3-4,7-12,15,21-22,30H,2,5-6,13-14,16H2,(H,32,33)/b12-11+/t21-,22?/m1/s1. The summed E-state index contributed by atoms with van der Waals surface area (Å²) in [5, 5.41) is 19.3. The zero-order valence-electron chi connectivity index (χ0n) is 18.0. The van der Waals surface area contributed by atoms with Gasteiger partial charge in [-0.25, -0.2) is 4.79 Å². The van der Waals surface area contributed by atoms with E-state index in [4.69, 9.17) is 5.11 Å². The molecule has 5 nitrogen and oxygen atoms in total. The molecule has 0 bridgehead atoms. The highest BCUT2D eigenvalue weighted by molar-refractivity contribution is 5.87. The Balaban J connectivity index is 1.61. The van der Waals surface area contributed by atoms with Crippen molar-refractivity contribution in [3.63, 3.8) is 0 Å². The largest absolute Gasteiger partial charge is 0.478 e. The van der Waals surface area contributed by atoms with Gasteiger partial charge in [-0.3, -0.25) is 4.79 Å². The van der Waals surface area contributed by atoms with Gasteiger partial charge in [-0.05, 0) is 48.6 Å². The molecule has 0 aromatic heterocycles. The number of likely N-dealkylation sites (tertiary alicyclic amines) is 1. The maximum absolute atomic E-state index is 12.9. The van der Waals surface area contributed by atoms with Crippen molar-refractivity contribution in [3.05, 3.63) is 82.9 Å².